The molecule has 24 heavy (non-hydrogen) atoms. The van der Waals surface area contributed by atoms with E-state index in [0.717, 1.165) is 6.61 Å². The van der Waals surface area contributed by atoms with Crippen LogP contribution < -0.4 is 10.4 Å². The van der Waals surface area contributed by atoms with Gasteiger partial charge in [-0.05, 0) is 15.4 Å². The molecule has 2 atom stereocenters. The van der Waals surface area contributed by atoms with Gasteiger partial charge in [0, 0.05) is 0 Å². The molecule has 0 bridgehead atoms. The number of rotatable bonds is 6. The average molecular weight is 339 g/mol. The van der Waals surface area contributed by atoms with E-state index in [1.807, 2.05) is 6.08 Å². The van der Waals surface area contributed by atoms with E-state index in [1.165, 1.54) is 10.4 Å². The van der Waals surface area contributed by atoms with Crippen molar-refractivity contribution in [1.29, 1.82) is 0 Å². The van der Waals surface area contributed by atoms with Crippen LogP contribution in [0.15, 0.2) is 73.3 Å². The van der Waals surface area contributed by atoms with Gasteiger partial charge in [-0.1, -0.05) is 87.5 Å². The highest BCUT2D eigenvalue weighted by molar-refractivity contribution is 6.99. The molecule has 0 saturated carbocycles. The first-order valence-electron chi connectivity index (χ1n) is 8.52. The molecular formula is C21H26O2Si. The van der Waals surface area contributed by atoms with Crippen molar-refractivity contribution in [3.63, 3.8) is 0 Å². The molecule has 0 aliphatic carbocycles. The first kappa shape index (κ1) is 17.2. The molecule has 0 spiro atoms. The van der Waals surface area contributed by atoms with Crippen molar-refractivity contribution in [1.82, 2.24) is 0 Å². The Hall–Kier alpha value is -1.68. The average Bonchev–Trinajstić information content (AvgIpc) is 3.41. The summed E-state index contributed by atoms with van der Waals surface area (Å²) in [5, 5.41) is 2.55. The molecule has 0 amide bonds. The van der Waals surface area contributed by atoms with Gasteiger partial charge in [0.15, 0.2) is 0 Å². The lowest BCUT2D eigenvalue weighted by molar-refractivity contribution is 0.188. The van der Waals surface area contributed by atoms with E-state index in [0.29, 0.717) is 0 Å². The smallest absolute Gasteiger partial charge is 0.262 e. The minimum absolute atomic E-state index is 0.0220. The van der Waals surface area contributed by atoms with E-state index in [4.69, 9.17) is 9.16 Å². The summed E-state index contributed by atoms with van der Waals surface area (Å²) in [6.07, 6.45) is 1.97. The van der Waals surface area contributed by atoms with E-state index < -0.39 is 8.32 Å². The van der Waals surface area contributed by atoms with Crippen LogP contribution in [0, 0.1) is 0 Å². The van der Waals surface area contributed by atoms with Gasteiger partial charge in [-0.3, -0.25) is 0 Å². The first-order valence-corrected chi connectivity index (χ1v) is 10.4. The largest absolute Gasteiger partial charge is 0.398 e. The Balaban J connectivity index is 2.18. The molecule has 126 valence electrons. The van der Waals surface area contributed by atoms with Crippen LogP contribution in [0.4, 0.5) is 0 Å². The molecule has 3 rings (SSSR count). The highest BCUT2D eigenvalue weighted by Gasteiger charge is 2.52. The Kier molecular flexibility index (Phi) is 4.77. The Morgan fingerprint density at radius 2 is 1.50 bits per heavy atom. The normalized spacial score (nSPS) is 18.9. The lowest BCUT2D eigenvalue weighted by Crippen LogP contribution is -2.68. The van der Waals surface area contributed by atoms with Crippen LogP contribution in [0.3, 0.4) is 0 Å². The van der Waals surface area contributed by atoms with Crippen molar-refractivity contribution in [2.75, 3.05) is 6.61 Å². The van der Waals surface area contributed by atoms with Crippen molar-refractivity contribution in [3.8, 4) is 0 Å². The monoisotopic (exact) mass is 338 g/mol. The molecule has 1 fully saturated rings. The zero-order valence-corrected chi connectivity index (χ0v) is 15.7. The molecule has 1 aliphatic heterocycles. The van der Waals surface area contributed by atoms with E-state index >= 15 is 0 Å². The second-order valence-corrected chi connectivity index (χ2v) is 11.6. The highest BCUT2D eigenvalue weighted by Crippen LogP contribution is 2.38. The van der Waals surface area contributed by atoms with Crippen molar-refractivity contribution >= 4 is 18.7 Å². The maximum absolute atomic E-state index is 6.94. The summed E-state index contributed by atoms with van der Waals surface area (Å²) in [7, 11) is -2.51. The fraction of sp³-hybridized carbons (Fsp3) is 0.333. The summed E-state index contributed by atoms with van der Waals surface area (Å²) in [4.78, 5) is 0. The number of hydrogen-bond acceptors (Lipinski definition) is 2. The standard InChI is InChI=1S/C21H26O2Si/c1-5-19(20-16-22-20)23-24(21(2,3)4,17-12-8-6-9-13-17)18-14-10-7-11-15-18/h5-15,19-20H,1,16H2,2-4H3/t19-,20+/m0/s1. The zero-order valence-electron chi connectivity index (χ0n) is 14.7. The van der Waals surface area contributed by atoms with Crippen LogP contribution in [0.1, 0.15) is 20.8 Å². The number of ether oxygens (including phenoxy) is 1. The van der Waals surface area contributed by atoms with Crippen molar-refractivity contribution in [2.45, 2.75) is 38.0 Å². The molecule has 3 heteroatoms. The van der Waals surface area contributed by atoms with Crippen LogP contribution >= 0.6 is 0 Å². The van der Waals surface area contributed by atoms with Crippen LogP contribution in [-0.2, 0) is 9.16 Å². The summed E-state index contributed by atoms with van der Waals surface area (Å²) in [5.41, 5.74) is 0. The summed E-state index contributed by atoms with van der Waals surface area (Å²) < 4.78 is 12.5. The topological polar surface area (TPSA) is 21.8 Å². The molecule has 1 heterocycles. The second-order valence-electron chi connectivity index (χ2n) is 7.35. The quantitative estimate of drug-likeness (QED) is 0.457. The molecule has 0 radical (unpaired) electrons. The molecule has 0 aromatic heterocycles. The Morgan fingerprint density at radius 1 is 1.04 bits per heavy atom. The summed E-state index contributed by atoms with van der Waals surface area (Å²) in [5.74, 6) is 0. The first-order chi connectivity index (χ1) is 11.5. The van der Waals surface area contributed by atoms with E-state index in [-0.39, 0.29) is 17.2 Å². The molecular weight excluding hydrogens is 312 g/mol. The maximum Gasteiger partial charge on any atom is 0.262 e. The van der Waals surface area contributed by atoms with Crippen LogP contribution in [-0.4, -0.2) is 27.1 Å². The van der Waals surface area contributed by atoms with Gasteiger partial charge < -0.3 is 9.16 Å². The Morgan fingerprint density at radius 3 is 1.83 bits per heavy atom. The molecule has 0 unspecified atom stereocenters. The van der Waals surface area contributed by atoms with Crippen molar-refractivity contribution in [3.05, 3.63) is 73.3 Å². The van der Waals surface area contributed by atoms with Gasteiger partial charge in [0.2, 0.25) is 0 Å². The molecule has 1 aliphatic rings. The van der Waals surface area contributed by atoms with Crippen molar-refractivity contribution < 1.29 is 9.16 Å². The Bertz CT molecular complexity index is 632. The van der Waals surface area contributed by atoms with Gasteiger partial charge in [-0.2, -0.15) is 0 Å². The van der Waals surface area contributed by atoms with Gasteiger partial charge in [-0.15, -0.1) is 6.58 Å². The van der Waals surface area contributed by atoms with E-state index in [2.05, 4.69) is 88.0 Å². The van der Waals surface area contributed by atoms with Gasteiger partial charge in [0.1, 0.15) is 6.10 Å². The fourth-order valence-electron chi connectivity index (χ4n) is 3.42. The van der Waals surface area contributed by atoms with Crippen molar-refractivity contribution in [2.24, 2.45) is 0 Å². The molecule has 1 saturated heterocycles. The summed E-state index contributed by atoms with van der Waals surface area (Å²) >= 11 is 0. The molecule has 0 N–H and O–H groups in total. The summed E-state index contributed by atoms with van der Waals surface area (Å²) in [6.45, 7) is 11.6. The van der Waals surface area contributed by atoms with Gasteiger partial charge in [0.25, 0.3) is 8.32 Å². The molecule has 2 aromatic carbocycles. The predicted octanol–water partition coefficient (Wildman–Crippen LogP) is 3.52. The van der Waals surface area contributed by atoms with E-state index in [1.54, 1.807) is 0 Å². The van der Waals surface area contributed by atoms with E-state index in [9.17, 15) is 0 Å². The zero-order chi connectivity index (χ0) is 17.2. The summed E-state index contributed by atoms with van der Waals surface area (Å²) in [6, 6.07) is 21.4. The lowest BCUT2D eigenvalue weighted by Gasteiger charge is -2.44. The van der Waals surface area contributed by atoms with Gasteiger partial charge >= 0.3 is 0 Å². The third-order valence-corrected chi connectivity index (χ3v) is 9.72. The highest BCUT2D eigenvalue weighted by atomic mass is 28.4. The predicted molar refractivity (Wildman–Crippen MR) is 102 cm³/mol. The number of benzene rings is 2. The second kappa shape index (κ2) is 6.67. The SMILES string of the molecule is C=C[C@H](O[Si](c1ccccc1)(c1ccccc1)C(C)(C)C)[C@H]1CO1. The van der Waals surface area contributed by atoms with Crippen LogP contribution in [0.25, 0.3) is 0 Å². The van der Waals surface area contributed by atoms with Crippen LogP contribution in [0.2, 0.25) is 5.04 Å². The molecule has 2 nitrogen and oxygen atoms in total. The van der Waals surface area contributed by atoms with Crippen LogP contribution in [0.5, 0.6) is 0 Å². The third kappa shape index (κ3) is 3.12. The van der Waals surface area contributed by atoms with Gasteiger partial charge in [-0.25, -0.2) is 0 Å². The number of epoxide rings is 1. The maximum atomic E-state index is 6.94. The van der Waals surface area contributed by atoms with Gasteiger partial charge in [0.05, 0.1) is 12.7 Å². The fourth-order valence-corrected chi connectivity index (χ4v) is 8.09. The Labute approximate surface area is 146 Å². The minimum Gasteiger partial charge on any atom is -0.398 e. The molecule has 2 aromatic rings. The number of hydrogen-bond donors (Lipinski definition) is 0. The lowest BCUT2D eigenvalue weighted by atomic mass is 10.2. The minimum atomic E-state index is -2.51. The third-order valence-electron chi connectivity index (χ3n) is 4.69.